The molecule has 0 heterocycles. The molecule has 0 bridgehead atoms. The maximum atomic E-state index is 12.3. The van der Waals surface area contributed by atoms with Gasteiger partial charge in [0.25, 0.3) is 0 Å². The Morgan fingerprint density at radius 1 is 1.00 bits per heavy atom. The average molecular weight is 350 g/mol. The number of rotatable bonds is 4. The molecule has 4 nitrogen and oxygen atoms in total. The summed E-state index contributed by atoms with van der Waals surface area (Å²) < 4.78 is 11.1. The lowest BCUT2D eigenvalue weighted by molar-refractivity contribution is -0.136. The van der Waals surface area contributed by atoms with Gasteiger partial charge in [-0.15, -0.1) is 0 Å². The third kappa shape index (κ3) is 3.24. The molecule has 0 aromatic heterocycles. The number of fused-ring (bicyclic) bond motifs is 2. The summed E-state index contributed by atoms with van der Waals surface area (Å²) in [5.41, 5.74) is 5.31. The summed E-state index contributed by atoms with van der Waals surface area (Å²) >= 11 is 0. The van der Waals surface area contributed by atoms with E-state index in [0.29, 0.717) is 23.5 Å². The van der Waals surface area contributed by atoms with Crippen LogP contribution in [0.1, 0.15) is 51.9 Å². The van der Waals surface area contributed by atoms with Gasteiger partial charge in [0.2, 0.25) is 0 Å². The van der Waals surface area contributed by atoms with E-state index in [1.807, 2.05) is 25.1 Å². The normalized spacial score (nSPS) is 15.3. The summed E-state index contributed by atoms with van der Waals surface area (Å²) in [6.45, 7) is 1.82. The topological polar surface area (TPSA) is 52.6 Å². The molecule has 2 aliphatic rings. The number of carbonyl (C=O) groups is 2. The van der Waals surface area contributed by atoms with Crippen LogP contribution in [0, 0.1) is 6.92 Å². The van der Waals surface area contributed by atoms with Gasteiger partial charge in [-0.05, 0) is 79.5 Å². The first-order valence-corrected chi connectivity index (χ1v) is 9.23. The number of ether oxygens (including phenoxy) is 2. The van der Waals surface area contributed by atoms with Gasteiger partial charge >= 0.3 is 5.97 Å². The Kier molecular flexibility index (Phi) is 4.49. The summed E-state index contributed by atoms with van der Waals surface area (Å²) in [5, 5.41) is 0. The Labute approximate surface area is 153 Å². The Balaban J connectivity index is 1.45. The van der Waals surface area contributed by atoms with Crippen LogP contribution in [0.5, 0.6) is 11.5 Å². The van der Waals surface area contributed by atoms with Gasteiger partial charge in [0.05, 0.1) is 5.56 Å². The summed E-state index contributed by atoms with van der Waals surface area (Å²) in [7, 11) is 0. The van der Waals surface area contributed by atoms with Crippen LogP contribution in [-0.4, -0.2) is 18.4 Å². The zero-order chi connectivity index (χ0) is 18.1. The van der Waals surface area contributed by atoms with Gasteiger partial charge in [-0.3, -0.25) is 4.79 Å². The van der Waals surface area contributed by atoms with E-state index in [1.165, 1.54) is 17.5 Å². The van der Waals surface area contributed by atoms with Crippen LogP contribution >= 0.6 is 0 Å². The Morgan fingerprint density at radius 3 is 2.69 bits per heavy atom. The van der Waals surface area contributed by atoms with Crippen molar-refractivity contribution in [3.63, 3.8) is 0 Å². The molecule has 0 N–H and O–H groups in total. The van der Waals surface area contributed by atoms with E-state index < -0.39 is 5.97 Å². The minimum Gasteiger partial charge on any atom is -0.482 e. The zero-order valence-corrected chi connectivity index (χ0v) is 15.0. The average Bonchev–Trinajstić information content (AvgIpc) is 3.10. The van der Waals surface area contributed by atoms with Crippen molar-refractivity contribution >= 4 is 11.8 Å². The highest BCUT2D eigenvalue weighted by Gasteiger charge is 2.24. The molecule has 0 atom stereocenters. The SMILES string of the molecule is Cc1ccc(OC(=O)COc2ccc3c(c2)CCC3)c2c1CCCC2=O. The van der Waals surface area contributed by atoms with Crippen LogP contribution in [0.2, 0.25) is 0 Å². The number of ketones is 1. The van der Waals surface area contributed by atoms with Crippen LogP contribution in [0.15, 0.2) is 30.3 Å². The van der Waals surface area contributed by atoms with Gasteiger partial charge in [-0.25, -0.2) is 4.79 Å². The molecule has 26 heavy (non-hydrogen) atoms. The maximum absolute atomic E-state index is 12.3. The number of Topliss-reactive ketones (excluding diaryl/α,β-unsaturated/α-hetero) is 1. The molecule has 2 aromatic rings. The molecule has 0 unspecified atom stereocenters. The van der Waals surface area contributed by atoms with Crippen molar-refractivity contribution in [1.82, 2.24) is 0 Å². The van der Waals surface area contributed by atoms with E-state index in [4.69, 9.17) is 9.47 Å². The smallest absolute Gasteiger partial charge is 0.349 e. The largest absolute Gasteiger partial charge is 0.482 e. The van der Waals surface area contributed by atoms with Crippen molar-refractivity contribution in [3.8, 4) is 11.5 Å². The fourth-order valence-electron chi connectivity index (χ4n) is 3.93. The predicted molar refractivity (Wildman–Crippen MR) is 98.0 cm³/mol. The molecule has 0 aliphatic heterocycles. The highest BCUT2D eigenvalue weighted by molar-refractivity contribution is 6.02. The minimum atomic E-state index is -0.491. The monoisotopic (exact) mass is 350 g/mol. The second-order valence-electron chi connectivity index (χ2n) is 7.06. The summed E-state index contributed by atoms with van der Waals surface area (Å²) in [4.78, 5) is 24.5. The van der Waals surface area contributed by atoms with E-state index in [9.17, 15) is 9.59 Å². The lowest BCUT2D eigenvalue weighted by Crippen LogP contribution is -2.21. The van der Waals surface area contributed by atoms with Crippen molar-refractivity contribution in [2.75, 3.05) is 6.61 Å². The van der Waals surface area contributed by atoms with Gasteiger partial charge in [-0.1, -0.05) is 12.1 Å². The number of esters is 1. The molecule has 0 spiro atoms. The van der Waals surface area contributed by atoms with Crippen LogP contribution in [0.4, 0.5) is 0 Å². The zero-order valence-electron chi connectivity index (χ0n) is 15.0. The molecule has 2 aliphatic carbocycles. The molecule has 0 radical (unpaired) electrons. The number of carbonyl (C=O) groups excluding carboxylic acids is 2. The molecule has 0 fully saturated rings. The highest BCUT2D eigenvalue weighted by atomic mass is 16.6. The fraction of sp³-hybridized carbons (Fsp3) is 0.364. The first kappa shape index (κ1) is 16.8. The first-order valence-electron chi connectivity index (χ1n) is 9.23. The molecule has 2 aromatic carbocycles. The molecule has 0 amide bonds. The Hall–Kier alpha value is -2.62. The minimum absolute atomic E-state index is 0.0530. The van der Waals surface area contributed by atoms with E-state index in [2.05, 4.69) is 6.07 Å². The summed E-state index contributed by atoms with van der Waals surface area (Å²) in [6.07, 6.45) is 5.56. The maximum Gasteiger partial charge on any atom is 0.349 e. The van der Waals surface area contributed by atoms with Crippen molar-refractivity contribution in [2.45, 2.75) is 45.4 Å². The van der Waals surface area contributed by atoms with Crippen molar-refractivity contribution in [1.29, 1.82) is 0 Å². The van der Waals surface area contributed by atoms with E-state index in [-0.39, 0.29) is 12.4 Å². The highest BCUT2D eigenvalue weighted by Crippen LogP contribution is 2.32. The second kappa shape index (κ2) is 6.94. The third-order valence-electron chi connectivity index (χ3n) is 5.27. The molecule has 0 saturated heterocycles. The lowest BCUT2D eigenvalue weighted by atomic mass is 9.87. The number of hydrogen-bond donors (Lipinski definition) is 0. The summed E-state index contributed by atoms with van der Waals surface area (Å²) in [6, 6.07) is 9.59. The molecule has 4 rings (SSSR count). The predicted octanol–water partition coefficient (Wildman–Crippen LogP) is 3.99. The standard InChI is InChI=1S/C22H22O4/c1-14-8-11-20(22-18(14)6-3-7-19(22)23)26-21(24)13-25-17-10-9-15-4-2-5-16(15)12-17/h8-12H,2-7,13H2,1H3. The van der Waals surface area contributed by atoms with Crippen molar-refractivity contribution in [3.05, 3.63) is 58.1 Å². The van der Waals surface area contributed by atoms with Gasteiger partial charge in [0, 0.05) is 6.42 Å². The van der Waals surface area contributed by atoms with Crippen LogP contribution < -0.4 is 9.47 Å². The van der Waals surface area contributed by atoms with E-state index in [1.54, 1.807) is 6.07 Å². The quantitative estimate of drug-likeness (QED) is 0.618. The second-order valence-corrected chi connectivity index (χ2v) is 7.06. The van der Waals surface area contributed by atoms with Gasteiger partial charge in [-0.2, -0.15) is 0 Å². The number of aryl methyl sites for hydroxylation is 3. The third-order valence-corrected chi connectivity index (χ3v) is 5.27. The van der Waals surface area contributed by atoms with Crippen molar-refractivity contribution in [2.24, 2.45) is 0 Å². The molecule has 0 saturated carbocycles. The Bertz CT molecular complexity index is 882. The van der Waals surface area contributed by atoms with Crippen LogP contribution in [0.25, 0.3) is 0 Å². The van der Waals surface area contributed by atoms with Crippen molar-refractivity contribution < 1.29 is 19.1 Å². The van der Waals surface area contributed by atoms with Gasteiger partial charge in [0.1, 0.15) is 11.5 Å². The Morgan fingerprint density at radius 2 is 1.81 bits per heavy atom. The lowest BCUT2D eigenvalue weighted by Gasteiger charge is -2.20. The summed E-state index contributed by atoms with van der Waals surface area (Å²) in [5.74, 6) is 0.606. The van der Waals surface area contributed by atoms with Gasteiger partial charge < -0.3 is 9.47 Å². The van der Waals surface area contributed by atoms with Crippen LogP contribution in [-0.2, 0) is 24.1 Å². The number of benzene rings is 2. The van der Waals surface area contributed by atoms with Crippen LogP contribution in [0.3, 0.4) is 0 Å². The first-order chi connectivity index (χ1) is 12.6. The molecular weight excluding hydrogens is 328 g/mol. The molecular formula is C22H22O4. The van der Waals surface area contributed by atoms with E-state index in [0.717, 1.165) is 36.8 Å². The molecule has 134 valence electrons. The van der Waals surface area contributed by atoms with E-state index >= 15 is 0 Å². The fourth-order valence-corrected chi connectivity index (χ4v) is 3.93. The number of hydrogen-bond acceptors (Lipinski definition) is 4. The van der Waals surface area contributed by atoms with Gasteiger partial charge in [0.15, 0.2) is 12.4 Å². The molecule has 4 heteroatoms.